The zero-order valence-electron chi connectivity index (χ0n) is 16.7. The van der Waals surface area contributed by atoms with Crippen molar-refractivity contribution in [1.82, 2.24) is 14.9 Å². The fourth-order valence-corrected chi connectivity index (χ4v) is 2.80. The van der Waals surface area contributed by atoms with Gasteiger partial charge in [-0.1, -0.05) is 13.8 Å². The topological polar surface area (TPSA) is 76.4 Å². The number of imidazole rings is 1. The number of hydrogen-bond donors (Lipinski definition) is 2. The number of aliphatic hydroxyl groups excluding tert-OH is 1. The summed E-state index contributed by atoms with van der Waals surface area (Å²) < 4.78 is 7.37. The van der Waals surface area contributed by atoms with Gasteiger partial charge in [-0.2, -0.15) is 0 Å². The van der Waals surface area contributed by atoms with Gasteiger partial charge in [-0.3, -0.25) is 0 Å². The average Bonchev–Trinajstić information content (AvgIpc) is 2.85. The molecule has 1 aromatic heterocycles. The Morgan fingerprint density at radius 3 is 2.62 bits per heavy atom. The third-order valence-corrected chi connectivity index (χ3v) is 4.18. The molecular formula is C20H31N3O3. The van der Waals surface area contributed by atoms with E-state index in [-0.39, 0.29) is 6.61 Å². The summed E-state index contributed by atoms with van der Waals surface area (Å²) in [5.74, 6) is 1.26. The largest absolute Gasteiger partial charge is 0.444 e. The van der Waals surface area contributed by atoms with Gasteiger partial charge in [0.05, 0.1) is 11.0 Å². The first-order valence-electron chi connectivity index (χ1n) is 9.17. The van der Waals surface area contributed by atoms with Crippen molar-refractivity contribution >= 4 is 17.1 Å². The summed E-state index contributed by atoms with van der Waals surface area (Å²) in [4.78, 5) is 16.4. The van der Waals surface area contributed by atoms with E-state index in [1.165, 1.54) is 0 Å². The number of fused-ring (bicyclic) bond motifs is 1. The normalized spacial score (nSPS) is 12.0. The molecule has 0 aliphatic carbocycles. The van der Waals surface area contributed by atoms with Gasteiger partial charge in [-0.05, 0) is 63.3 Å². The maximum Gasteiger partial charge on any atom is 0.407 e. The van der Waals surface area contributed by atoms with E-state index in [1.807, 2.05) is 33.8 Å². The molecule has 1 heterocycles. The van der Waals surface area contributed by atoms with Crippen molar-refractivity contribution in [2.24, 2.45) is 5.92 Å². The van der Waals surface area contributed by atoms with E-state index in [1.54, 1.807) is 0 Å². The molecule has 26 heavy (non-hydrogen) atoms. The molecule has 1 amide bonds. The fraction of sp³-hybridized carbons (Fsp3) is 0.600. The molecule has 0 saturated heterocycles. The monoisotopic (exact) mass is 361 g/mol. The van der Waals surface area contributed by atoms with E-state index < -0.39 is 11.7 Å². The van der Waals surface area contributed by atoms with E-state index in [9.17, 15) is 9.90 Å². The summed E-state index contributed by atoms with van der Waals surface area (Å²) in [6.45, 7) is 13.0. The lowest BCUT2D eigenvalue weighted by Gasteiger charge is -2.20. The van der Waals surface area contributed by atoms with Crippen molar-refractivity contribution < 1.29 is 14.6 Å². The zero-order chi connectivity index (χ0) is 19.5. The Labute approximate surface area is 155 Å². The number of alkyl carbamates (subject to hydrolysis) is 1. The van der Waals surface area contributed by atoms with Gasteiger partial charge in [0, 0.05) is 13.1 Å². The number of benzene rings is 1. The third kappa shape index (κ3) is 5.21. The number of carbonyl (C=O) groups is 1. The number of carbonyl (C=O) groups excluding carboxylic acids is 1. The molecule has 0 saturated carbocycles. The van der Waals surface area contributed by atoms with Gasteiger partial charge < -0.3 is 19.7 Å². The van der Waals surface area contributed by atoms with Gasteiger partial charge in [0.2, 0.25) is 0 Å². The van der Waals surface area contributed by atoms with E-state index in [2.05, 4.69) is 34.8 Å². The maximum atomic E-state index is 11.9. The number of hydrogen-bond acceptors (Lipinski definition) is 4. The first-order valence-corrected chi connectivity index (χ1v) is 9.17. The summed E-state index contributed by atoms with van der Waals surface area (Å²) in [6, 6.07) is 4.06. The van der Waals surface area contributed by atoms with Crippen LogP contribution in [0.3, 0.4) is 0 Å². The van der Waals surface area contributed by atoms with Crippen LogP contribution in [0, 0.1) is 12.8 Å². The molecule has 0 aliphatic rings. The summed E-state index contributed by atoms with van der Waals surface area (Å²) in [7, 11) is 0. The molecule has 0 aliphatic heterocycles. The van der Waals surface area contributed by atoms with Gasteiger partial charge in [-0.15, -0.1) is 0 Å². The number of nitrogens with zero attached hydrogens (tertiary/aromatic N) is 2. The van der Waals surface area contributed by atoms with E-state index in [0.29, 0.717) is 18.3 Å². The molecule has 2 rings (SSSR count). The third-order valence-electron chi connectivity index (χ3n) is 4.18. The van der Waals surface area contributed by atoms with Crippen LogP contribution < -0.4 is 5.32 Å². The van der Waals surface area contributed by atoms with Crippen LogP contribution in [0.5, 0.6) is 0 Å². The highest BCUT2D eigenvalue weighted by Crippen LogP contribution is 2.23. The molecular weight excluding hydrogens is 330 g/mol. The second-order valence-corrected chi connectivity index (χ2v) is 8.14. The number of ether oxygens (including phenoxy) is 1. The van der Waals surface area contributed by atoms with Crippen molar-refractivity contribution in [2.75, 3.05) is 0 Å². The quantitative estimate of drug-likeness (QED) is 0.818. The number of rotatable bonds is 6. The summed E-state index contributed by atoms with van der Waals surface area (Å²) in [5.41, 5.74) is 3.40. The molecule has 1 aromatic carbocycles. The van der Waals surface area contributed by atoms with Gasteiger partial charge in [0.25, 0.3) is 0 Å². The van der Waals surface area contributed by atoms with Crippen LogP contribution in [-0.4, -0.2) is 26.4 Å². The van der Waals surface area contributed by atoms with Crippen LogP contribution in [0.4, 0.5) is 4.79 Å². The molecule has 0 radical (unpaired) electrons. The lowest BCUT2D eigenvalue weighted by molar-refractivity contribution is 0.0523. The van der Waals surface area contributed by atoms with Gasteiger partial charge in [-0.25, -0.2) is 9.78 Å². The Hall–Kier alpha value is -2.08. The molecule has 0 spiro atoms. The van der Waals surface area contributed by atoms with Crippen LogP contribution in [0.25, 0.3) is 11.0 Å². The minimum absolute atomic E-state index is 0.0860. The first-order chi connectivity index (χ1) is 12.1. The smallest absolute Gasteiger partial charge is 0.407 e. The molecule has 2 N–H and O–H groups in total. The lowest BCUT2D eigenvalue weighted by Crippen LogP contribution is -2.32. The molecule has 0 unspecified atom stereocenters. The molecule has 144 valence electrons. The van der Waals surface area contributed by atoms with Crippen LogP contribution in [-0.2, 0) is 24.4 Å². The van der Waals surface area contributed by atoms with Crippen LogP contribution in [0.15, 0.2) is 12.1 Å². The van der Waals surface area contributed by atoms with E-state index in [4.69, 9.17) is 4.74 Å². The van der Waals surface area contributed by atoms with E-state index in [0.717, 1.165) is 35.1 Å². The van der Waals surface area contributed by atoms with Crippen LogP contribution >= 0.6 is 0 Å². The highest BCUT2D eigenvalue weighted by molar-refractivity contribution is 5.78. The summed E-state index contributed by atoms with van der Waals surface area (Å²) in [6.07, 6.45) is 0.593. The summed E-state index contributed by atoms with van der Waals surface area (Å²) in [5, 5.41) is 12.4. The molecule has 0 fully saturated rings. The van der Waals surface area contributed by atoms with Crippen molar-refractivity contribution in [1.29, 1.82) is 0 Å². The first kappa shape index (κ1) is 20.2. The molecule has 2 aromatic rings. The predicted molar refractivity (Wildman–Crippen MR) is 103 cm³/mol. The van der Waals surface area contributed by atoms with Gasteiger partial charge >= 0.3 is 6.09 Å². The zero-order valence-corrected chi connectivity index (χ0v) is 16.7. The SMILES string of the molecule is Cc1cc2c(cc1CNC(=O)OC(C)(C)C)nc(CO)n2CCC(C)C. The second-order valence-electron chi connectivity index (χ2n) is 8.14. The number of aliphatic hydroxyl groups is 1. The number of aryl methyl sites for hydroxylation is 2. The van der Waals surface area contributed by atoms with Gasteiger partial charge in [0.15, 0.2) is 0 Å². The average molecular weight is 361 g/mol. The maximum absolute atomic E-state index is 11.9. The minimum atomic E-state index is -0.520. The molecule has 0 atom stereocenters. The highest BCUT2D eigenvalue weighted by Gasteiger charge is 2.17. The number of aromatic nitrogens is 2. The van der Waals surface area contributed by atoms with Crippen molar-refractivity contribution in [3.63, 3.8) is 0 Å². The Balaban J connectivity index is 2.23. The Morgan fingerprint density at radius 2 is 2.04 bits per heavy atom. The van der Waals surface area contributed by atoms with Crippen molar-refractivity contribution in [3.8, 4) is 0 Å². The minimum Gasteiger partial charge on any atom is -0.444 e. The standard InChI is InChI=1S/C20H31N3O3/c1-13(2)7-8-23-17-9-14(3)15(10-16(17)22-18(23)12-24)11-21-19(25)26-20(4,5)6/h9-10,13,24H,7-8,11-12H2,1-6H3,(H,21,25). The van der Waals surface area contributed by atoms with Crippen molar-refractivity contribution in [2.45, 2.75) is 73.3 Å². The van der Waals surface area contributed by atoms with Crippen molar-refractivity contribution in [3.05, 3.63) is 29.1 Å². The Kier molecular flexibility index (Phi) is 6.29. The Morgan fingerprint density at radius 1 is 1.35 bits per heavy atom. The summed E-state index contributed by atoms with van der Waals surface area (Å²) >= 11 is 0. The Bertz CT molecular complexity index is 773. The molecule has 6 heteroatoms. The molecule has 0 bridgehead atoms. The lowest BCUT2D eigenvalue weighted by atomic mass is 10.1. The number of nitrogens with one attached hydrogen (secondary N) is 1. The van der Waals surface area contributed by atoms with Crippen LogP contribution in [0.2, 0.25) is 0 Å². The fourth-order valence-electron chi connectivity index (χ4n) is 2.80. The van der Waals surface area contributed by atoms with E-state index >= 15 is 0 Å². The van der Waals surface area contributed by atoms with Gasteiger partial charge in [0.1, 0.15) is 18.0 Å². The highest BCUT2D eigenvalue weighted by atomic mass is 16.6. The second kappa shape index (κ2) is 8.08. The molecule has 6 nitrogen and oxygen atoms in total. The predicted octanol–water partition coefficient (Wildman–Crippen LogP) is 3.91. The van der Waals surface area contributed by atoms with Crippen LogP contribution in [0.1, 0.15) is 58.0 Å². The number of amides is 1.